The summed E-state index contributed by atoms with van der Waals surface area (Å²) in [5.41, 5.74) is 3.48. The van der Waals surface area contributed by atoms with Crippen molar-refractivity contribution in [1.29, 1.82) is 0 Å². The molecule has 0 amide bonds. The summed E-state index contributed by atoms with van der Waals surface area (Å²) in [5.74, 6) is -0.279. The van der Waals surface area contributed by atoms with Gasteiger partial charge in [-0.05, 0) is 48.1 Å². The number of nitrogens with one attached hydrogen (secondary N) is 1. The van der Waals surface area contributed by atoms with Crippen molar-refractivity contribution in [3.8, 4) is 0 Å². The zero-order valence-corrected chi connectivity index (χ0v) is 12.2. The van der Waals surface area contributed by atoms with E-state index in [9.17, 15) is 4.79 Å². The second kappa shape index (κ2) is 5.78. The van der Waals surface area contributed by atoms with Crippen molar-refractivity contribution in [2.24, 2.45) is 0 Å². The number of hydrogen-bond donors (Lipinski definition) is 2. The van der Waals surface area contributed by atoms with Crippen LogP contribution in [0, 0.1) is 0 Å². The van der Waals surface area contributed by atoms with E-state index in [1.54, 1.807) is 18.2 Å². The van der Waals surface area contributed by atoms with E-state index in [-0.39, 0.29) is 10.6 Å². The molecule has 3 rings (SSSR count). The number of aromatic carboxylic acids is 1. The molecule has 0 unspecified atom stereocenters. The molecule has 0 aliphatic heterocycles. The molecule has 1 aliphatic rings. The average molecular weight is 302 g/mol. The van der Waals surface area contributed by atoms with Gasteiger partial charge in [-0.25, -0.2) is 4.79 Å². The second-order valence-electron chi connectivity index (χ2n) is 5.37. The Hall–Kier alpha value is -2.00. The largest absolute Gasteiger partial charge is 0.478 e. The summed E-state index contributed by atoms with van der Waals surface area (Å²) in [7, 11) is 0. The molecule has 2 aromatic carbocycles. The monoisotopic (exact) mass is 301 g/mol. The third kappa shape index (κ3) is 3.37. The molecule has 4 heteroatoms. The van der Waals surface area contributed by atoms with Crippen molar-refractivity contribution in [3.05, 3.63) is 64.2 Å². The molecule has 0 heterocycles. The van der Waals surface area contributed by atoms with E-state index in [0.29, 0.717) is 6.54 Å². The maximum absolute atomic E-state index is 11.1. The van der Waals surface area contributed by atoms with Gasteiger partial charge in [0, 0.05) is 12.2 Å². The Balaban J connectivity index is 1.71. The number of carbonyl (C=O) groups is 1. The van der Waals surface area contributed by atoms with E-state index >= 15 is 0 Å². The molecule has 0 radical (unpaired) electrons. The van der Waals surface area contributed by atoms with Crippen LogP contribution in [0.3, 0.4) is 0 Å². The molecule has 1 fully saturated rings. The highest BCUT2D eigenvalue weighted by molar-refractivity contribution is 6.33. The zero-order chi connectivity index (χ0) is 14.8. The summed E-state index contributed by atoms with van der Waals surface area (Å²) in [6, 6.07) is 13.5. The normalized spacial score (nSPS) is 14.0. The third-order valence-corrected chi connectivity index (χ3v) is 4.02. The second-order valence-corrected chi connectivity index (χ2v) is 5.78. The SMILES string of the molecule is O=C(O)c1cc(NCc2cccc(C3CC3)c2)ccc1Cl. The lowest BCUT2D eigenvalue weighted by atomic mass is 10.1. The molecule has 21 heavy (non-hydrogen) atoms. The fraction of sp³-hybridized carbons (Fsp3) is 0.235. The number of anilines is 1. The minimum atomic E-state index is -1.01. The van der Waals surface area contributed by atoms with Crippen molar-refractivity contribution in [2.75, 3.05) is 5.32 Å². The smallest absolute Gasteiger partial charge is 0.337 e. The fourth-order valence-corrected chi connectivity index (χ4v) is 2.58. The predicted octanol–water partition coefficient (Wildman–Crippen LogP) is 4.53. The minimum absolute atomic E-state index is 0.119. The van der Waals surface area contributed by atoms with Gasteiger partial charge in [-0.2, -0.15) is 0 Å². The summed E-state index contributed by atoms with van der Waals surface area (Å²) in [6.07, 6.45) is 2.58. The van der Waals surface area contributed by atoms with E-state index < -0.39 is 5.97 Å². The Morgan fingerprint density at radius 3 is 2.76 bits per heavy atom. The molecule has 108 valence electrons. The van der Waals surface area contributed by atoms with E-state index in [0.717, 1.165) is 11.6 Å². The topological polar surface area (TPSA) is 49.3 Å². The van der Waals surface area contributed by atoms with Crippen LogP contribution in [0.4, 0.5) is 5.69 Å². The van der Waals surface area contributed by atoms with Crippen LogP contribution in [0.1, 0.15) is 40.2 Å². The van der Waals surface area contributed by atoms with E-state index in [1.807, 2.05) is 0 Å². The van der Waals surface area contributed by atoms with E-state index in [2.05, 4.69) is 29.6 Å². The number of carboxylic acid groups (broad SMARTS) is 1. The minimum Gasteiger partial charge on any atom is -0.478 e. The zero-order valence-electron chi connectivity index (χ0n) is 11.5. The van der Waals surface area contributed by atoms with Crippen molar-refractivity contribution >= 4 is 23.3 Å². The first kappa shape index (κ1) is 14.0. The van der Waals surface area contributed by atoms with Crippen LogP contribution in [-0.2, 0) is 6.54 Å². The van der Waals surface area contributed by atoms with Crippen molar-refractivity contribution < 1.29 is 9.90 Å². The van der Waals surface area contributed by atoms with Gasteiger partial charge in [0.1, 0.15) is 0 Å². The first-order valence-corrected chi connectivity index (χ1v) is 7.37. The van der Waals surface area contributed by atoms with Gasteiger partial charge >= 0.3 is 5.97 Å². The van der Waals surface area contributed by atoms with Gasteiger partial charge in [-0.1, -0.05) is 35.9 Å². The Morgan fingerprint density at radius 1 is 1.24 bits per heavy atom. The predicted molar refractivity (Wildman–Crippen MR) is 84.2 cm³/mol. The van der Waals surface area contributed by atoms with Gasteiger partial charge < -0.3 is 10.4 Å². The summed E-state index contributed by atoms with van der Waals surface area (Å²) < 4.78 is 0. The third-order valence-electron chi connectivity index (χ3n) is 3.69. The first-order chi connectivity index (χ1) is 10.1. The van der Waals surface area contributed by atoms with Gasteiger partial charge in [0.15, 0.2) is 0 Å². The van der Waals surface area contributed by atoms with Crippen molar-refractivity contribution in [3.63, 3.8) is 0 Å². The molecule has 1 saturated carbocycles. The van der Waals surface area contributed by atoms with Gasteiger partial charge in [0.05, 0.1) is 10.6 Å². The molecule has 2 aromatic rings. The molecule has 0 atom stereocenters. The maximum Gasteiger partial charge on any atom is 0.337 e. The highest BCUT2D eigenvalue weighted by Crippen LogP contribution is 2.40. The van der Waals surface area contributed by atoms with Crippen LogP contribution in [0.5, 0.6) is 0 Å². The number of hydrogen-bond acceptors (Lipinski definition) is 2. The summed E-state index contributed by atoms with van der Waals surface area (Å²) >= 11 is 5.86. The van der Waals surface area contributed by atoms with Crippen LogP contribution in [0.2, 0.25) is 5.02 Å². The highest BCUT2D eigenvalue weighted by atomic mass is 35.5. The molecule has 3 nitrogen and oxygen atoms in total. The van der Waals surface area contributed by atoms with Crippen LogP contribution < -0.4 is 5.32 Å². The number of carboxylic acids is 1. The molecule has 0 bridgehead atoms. The summed E-state index contributed by atoms with van der Waals surface area (Å²) in [5, 5.41) is 12.6. The van der Waals surface area contributed by atoms with Gasteiger partial charge in [-0.15, -0.1) is 0 Å². The maximum atomic E-state index is 11.1. The number of rotatable bonds is 5. The van der Waals surface area contributed by atoms with E-state index in [1.165, 1.54) is 24.0 Å². The van der Waals surface area contributed by atoms with Gasteiger partial charge in [0.2, 0.25) is 0 Å². The van der Waals surface area contributed by atoms with Crippen LogP contribution in [-0.4, -0.2) is 11.1 Å². The summed E-state index contributed by atoms with van der Waals surface area (Å²) in [6.45, 7) is 0.668. The van der Waals surface area contributed by atoms with Crippen molar-refractivity contribution in [2.45, 2.75) is 25.3 Å². The lowest BCUT2D eigenvalue weighted by Crippen LogP contribution is -2.03. The standard InChI is InChI=1S/C17H16ClNO2/c18-16-7-6-14(9-15(16)17(20)21)19-10-11-2-1-3-13(8-11)12-4-5-12/h1-3,6-9,12,19H,4-5,10H2,(H,20,21). The molecule has 1 aliphatic carbocycles. The Bertz CT molecular complexity index is 680. The number of halogens is 1. The fourth-order valence-electron chi connectivity index (χ4n) is 2.38. The van der Waals surface area contributed by atoms with Crippen LogP contribution >= 0.6 is 11.6 Å². The van der Waals surface area contributed by atoms with Gasteiger partial charge in [0.25, 0.3) is 0 Å². The highest BCUT2D eigenvalue weighted by Gasteiger charge is 2.23. The Labute approximate surface area is 128 Å². The molecule has 0 aromatic heterocycles. The molecule has 2 N–H and O–H groups in total. The van der Waals surface area contributed by atoms with E-state index in [4.69, 9.17) is 16.7 Å². The molecule has 0 spiro atoms. The molecular weight excluding hydrogens is 286 g/mol. The summed E-state index contributed by atoms with van der Waals surface area (Å²) in [4.78, 5) is 11.1. The quantitative estimate of drug-likeness (QED) is 0.853. The lowest BCUT2D eigenvalue weighted by Gasteiger charge is -2.09. The lowest BCUT2D eigenvalue weighted by molar-refractivity contribution is 0.0697. The van der Waals surface area contributed by atoms with Gasteiger partial charge in [-0.3, -0.25) is 0 Å². The average Bonchev–Trinajstić information content (AvgIpc) is 3.31. The van der Waals surface area contributed by atoms with Crippen LogP contribution in [0.25, 0.3) is 0 Å². The van der Waals surface area contributed by atoms with Crippen LogP contribution in [0.15, 0.2) is 42.5 Å². The first-order valence-electron chi connectivity index (χ1n) is 6.99. The number of benzene rings is 2. The Kier molecular flexibility index (Phi) is 3.84. The molecule has 0 saturated heterocycles. The Morgan fingerprint density at radius 2 is 2.05 bits per heavy atom. The molecular formula is C17H16ClNO2. The van der Waals surface area contributed by atoms with Crippen molar-refractivity contribution in [1.82, 2.24) is 0 Å².